The van der Waals surface area contributed by atoms with E-state index in [-0.39, 0.29) is 0 Å². The Morgan fingerprint density at radius 2 is 2.19 bits per heavy atom. The lowest BCUT2D eigenvalue weighted by atomic mass is 10.3. The molecule has 2 aromatic heterocycles. The topological polar surface area (TPSA) is 65.9 Å². The third-order valence-corrected chi connectivity index (χ3v) is 5.46. The highest BCUT2D eigenvalue weighted by Crippen LogP contribution is 2.24. The molecule has 9 heteroatoms. The van der Waals surface area contributed by atoms with Crippen molar-refractivity contribution in [3.05, 3.63) is 33.1 Å². The third kappa shape index (κ3) is 4.64. The van der Waals surface area contributed by atoms with E-state index < -0.39 is 0 Å². The van der Waals surface area contributed by atoms with Gasteiger partial charge in [0, 0.05) is 37.6 Å². The molecule has 0 radical (unpaired) electrons. The lowest BCUT2D eigenvalue weighted by molar-refractivity contribution is 0.366. The summed E-state index contributed by atoms with van der Waals surface area (Å²) < 4.78 is 6.03. The minimum Gasteiger partial charge on any atom is -0.480 e. The summed E-state index contributed by atoms with van der Waals surface area (Å²) in [5.41, 5.74) is 0. The zero-order valence-electron chi connectivity index (χ0n) is 15.0. The number of halogens is 1. The summed E-state index contributed by atoms with van der Waals surface area (Å²) >= 11 is 5.13. The molecule has 140 valence electrons. The number of methoxy groups -OCH3 is 1. The Bertz CT molecular complexity index is 731. The van der Waals surface area contributed by atoms with Crippen LogP contribution in [0, 0.1) is 0 Å². The predicted octanol–water partition coefficient (Wildman–Crippen LogP) is 2.60. The lowest BCUT2D eigenvalue weighted by Gasteiger charge is -2.36. The number of aliphatic imine (C=N–C) groups is 1. The molecule has 1 aliphatic heterocycles. The van der Waals surface area contributed by atoms with Crippen molar-refractivity contribution >= 4 is 39.2 Å². The molecule has 1 saturated heterocycles. The minimum atomic E-state index is 0.559. The van der Waals surface area contributed by atoms with Gasteiger partial charge in [-0.2, -0.15) is 4.98 Å². The van der Waals surface area contributed by atoms with E-state index in [0.29, 0.717) is 18.4 Å². The van der Waals surface area contributed by atoms with Crippen molar-refractivity contribution in [3.8, 4) is 5.88 Å². The fourth-order valence-corrected chi connectivity index (χ4v) is 3.72. The van der Waals surface area contributed by atoms with Crippen molar-refractivity contribution in [1.82, 2.24) is 20.2 Å². The Labute approximate surface area is 166 Å². The molecule has 3 rings (SSSR count). The molecule has 0 unspecified atom stereocenters. The van der Waals surface area contributed by atoms with Gasteiger partial charge in [0.2, 0.25) is 11.8 Å². The van der Waals surface area contributed by atoms with Gasteiger partial charge in [-0.3, -0.25) is 0 Å². The normalized spacial score (nSPS) is 15.3. The van der Waals surface area contributed by atoms with Gasteiger partial charge >= 0.3 is 0 Å². The molecular weight excluding hydrogens is 416 g/mol. The van der Waals surface area contributed by atoms with Crippen LogP contribution in [0.4, 0.5) is 5.95 Å². The highest BCUT2D eigenvalue weighted by Gasteiger charge is 2.22. The van der Waals surface area contributed by atoms with Crippen molar-refractivity contribution in [3.63, 3.8) is 0 Å². The largest absolute Gasteiger partial charge is 0.480 e. The maximum Gasteiger partial charge on any atom is 0.232 e. The van der Waals surface area contributed by atoms with Crippen LogP contribution < -0.4 is 15.0 Å². The molecule has 0 saturated carbocycles. The molecule has 26 heavy (non-hydrogen) atoms. The maximum absolute atomic E-state index is 5.27. The van der Waals surface area contributed by atoms with Gasteiger partial charge in [0.1, 0.15) is 0 Å². The van der Waals surface area contributed by atoms with E-state index in [2.05, 4.69) is 65.5 Å². The summed E-state index contributed by atoms with van der Waals surface area (Å²) in [6, 6.07) is 4.18. The number of hydrogen-bond acceptors (Lipinski definition) is 6. The lowest BCUT2D eigenvalue weighted by Crippen LogP contribution is -2.53. The van der Waals surface area contributed by atoms with Gasteiger partial charge in [0.15, 0.2) is 5.96 Å². The molecular formula is C17H23BrN6OS. The fourth-order valence-electron chi connectivity index (χ4n) is 2.74. The van der Waals surface area contributed by atoms with Crippen molar-refractivity contribution in [1.29, 1.82) is 0 Å². The summed E-state index contributed by atoms with van der Waals surface area (Å²) in [5.74, 6) is 2.23. The van der Waals surface area contributed by atoms with Crippen LogP contribution in [0.15, 0.2) is 33.2 Å². The Kier molecular flexibility index (Phi) is 6.67. The molecule has 0 aliphatic carbocycles. The number of nitrogens with one attached hydrogen (secondary N) is 1. The summed E-state index contributed by atoms with van der Waals surface area (Å²) in [6.45, 7) is 7.10. The summed E-state index contributed by atoms with van der Waals surface area (Å²) in [7, 11) is 1.61. The van der Waals surface area contributed by atoms with E-state index in [4.69, 9.17) is 9.73 Å². The molecule has 2 aromatic rings. The standard InChI is InChI=1S/C17H23BrN6OS/c1-3-19-16(20-11-13-5-4-10-26-13)23-6-8-24(9-7-23)17-21-12-14(18)15(22-17)25-2/h4-5,10,12H,3,6-9,11H2,1-2H3,(H,19,20). The Balaban J connectivity index is 1.63. The van der Waals surface area contributed by atoms with Crippen LogP contribution in [-0.4, -0.2) is 60.7 Å². The second-order valence-corrected chi connectivity index (χ2v) is 7.64. The second kappa shape index (κ2) is 9.18. The van der Waals surface area contributed by atoms with Crippen molar-refractivity contribution in [2.75, 3.05) is 44.7 Å². The van der Waals surface area contributed by atoms with Gasteiger partial charge in [-0.25, -0.2) is 9.98 Å². The van der Waals surface area contributed by atoms with E-state index in [1.807, 2.05) is 0 Å². The Morgan fingerprint density at radius 1 is 1.38 bits per heavy atom. The number of anilines is 1. The average Bonchev–Trinajstić information content (AvgIpc) is 3.19. The van der Waals surface area contributed by atoms with Gasteiger partial charge in [0.25, 0.3) is 0 Å². The van der Waals surface area contributed by atoms with Gasteiger partial charge < -0.3 is 19.9 Å². The van der Waals surface area contributed by atoms with Gasteiger partial charge in [-0.1, -0.05) is 6.07 Å². The Hall–Kier alpha value is -1.87. The number of guanidine groups is 1. The fraction of sp³-hybridized carbons (Fsp3) is 0.471. The predicted molar refractivity (Wildman–Crippen MR) is 109 cm³/mol. The number of aromatic nitrogens is 2. The van der Waals surface area contributed by atoms with Crippen LogP contribution in [0.25, 0.3) is 0 Å². The summed E-state index contributed by atoms with van der Waals surface area (Å²) in [4.78, 5) is 19.4. The minimum absolute atomic E-state index is 0.559. The quantitative estimate of drug-likeness (QED) is 0.571. The molecule has 0 spiro atoms. The first-order valence-corrected chi connectivity index (χ1v) is 10.3. The number of rotatable bonds is 5. The van der Waals surface area contributed by atoms with Gasteiger partial charge in [-0.05, 0) is 34.3 Å². The van der Waals surface area contributed by atoms with E-state index in [1.54, 1.807) is 24.6 Å². The first-order valence-electron chi connectivity index (χ1n) is 8.58. The number of hydrogen-bond donors (Lipinski definition) is 1. The van der Waals surface area contributed by atoms with Crippen LogP contribution >= 0.6 is 27.3 Å². The van der Waals surface area contributed by atoms with Crippen LogP contribution in [0.3, 0.4) is 0 Å². The van der Waals surface area contributed by atoms with Crippen molar-refractivity contribution in [2.45, 2.75) is 13.5 Å². The maximum atomic E-state index is 5.27. The molecule has 0 bridgehead atoms. The monoisotopic (exact) mass is 438 g/mol. The summed E-state index contributed by atoms with van der Waals surface area (Å²) in [5, 5.41) is 5.49. The van der Waals surface area contributed by atoms with E-state index >= 15 is 0 Å². The van der Waals surface area contributed by atoms with Gasteiger partial charge in [0.05, 0.1) is 24.3 Å². The van der Waals surface area contributed by atoms with Crippen LogP contribution in [0.1, 0.15) is 11.8 Å². The smallest absolute Gasteiger partial charge is 0.232 e. The Morgan fingerprint density at radius 3 is 2.85 bits per heavy atom. The molecule has 3 heterocycles. The highest BCUT2D eigenvalue weighted by atomic mass is 79.9. The molecule has 1 aliphatic rings. The molecule has 0 amide bonds. The first-order chi connectivity index (χ1) is 12.7. The summed E-state index contributed by atoms with van der Waals surface area (Å²) in [6.07, 6.45) is 1.74. The molecule has 0 aromatic carbocycles. The molecule has 1 fully saturated rings. The first kappa shape index (κ1) is 18.9. The van der Waals surface area contributed by atoms with E-state index in [9.17, 15) is 0 Å². The molecule has 7 nitrogen and oxygen atoms in total. The van der Waals surface area contributed by atoms with E-state index in [0.717, 1.165) is 43.2 Å². The second-order valence-electron chi connectivity index (χ2n) is 5.75. The third-order valence-electron chi connectivity index (χ3n) is 4.05. The number of nitrogens with zero attached hydrogens (tertiary/aromatic N) is 5. The number of thiophene rings is 1. The molecule has 1 N–H and O–H groups in total. The number of ether oxygens (including phenoxy) is 1. The van der Waals surface area contributed by atoms with Crippen molar-refractivity contribution in [2.24, 2.45) is 4.99 Å². The number of piperazine rings is 1. The van der Waals surface area contributed by atoms with Crippen LogP contribution in [-0.2, 0) is 6.54 Å². The molecule has 0 atom stereocenters. The average molecular weight is 439 g/mol. The van der Waals surface area contributed by atoms with Crippen LogP contribution in [0.2, 0.25) is 0 Å². The van der Waals surface area contributed by atoms with Crippen LogP contribution in [0.5, 0.6) is 5.88 Å². The van der Waals surface area contributed by atoms with Crippen molar-refractivity contribution < 1.29 is 4.74 Å². The van der Waals surface area contributed by atoms with Gasteiger partial charge in [-0.15, -0.1) is 11.3 Å². The highest BCUT2D eigenvalue weighted by molar-refractivity contribution is 9.10. The SMILES string of the molecule is CCNC(=NCc1cccs1)N1CCN(c2ncc(Br)c(OC)n2)CC1. The zero-order valence-corrected chi connectivity index (χ0v) is 17.4. The zero-order chi connectivity index (χ0) is 18.4. The van der Waals surface area contributed by atoms with E-state index in [1.165, 1.54) is 4.88 Å².